The first kappa shape index (κ1) is 21.5. The average Bonchev–Trinajstić information content (AvgIpc) is 2.68. The van der Waals surface area contributed by atoms with Gasteiger partial charge in [-0.15, -0.1) is 0 Å². The molecule has 2 aromatic rings. The molecule has 0 saturated heterocycles. The molecule has 0 bridgehead atoms. The molecule has 1 atom stereocenters. The molecular formula is C23H29NO4. The van der Waals surface area contributed by atoms with E-state index >= 15 is 0 Å². The lowest BCUT2D eigenvalue weighted by Gasteiger charge is -2.18. The zero-order valence-electron chi connectivity index (χ0n) is 17.0. The maximum atomic E-state index is 12.5. The third-order valence-corrected chi connectivity index (χ3v) is 4.33. The monoisotopic (exact) mass is 383 g/mol. The highest BCUT2D eigenvalue weighted by molar-refractivity contribution is 5.95. The molecule has 0 aromatic heterocycles. The number of rotatable bonds is 9. The minimum Gasteiger partial charge on any atom is -0.481 e. The van der Waals surface area contributed by atoms with Crippen LogP contribution in [0, 0.1) is 0 Å². The number of carbonyl (C=O) groups excluding carboxylic acids is 2. The van der Waals surface area contributed by atoms with E-state index in [1.54, 1.807) is 31.2 Å². The van der Waals surface area contributed by atoms with Gasteiger partial charge in [0, 0.05) is 5.69 Å². The second-order valence-electron chi connectivity index (χ2n) is 7.01. The summed E-state index contributed by atoms with van der Waals surface area (Å²) in [6.07, 6.45) is 1.16. The maximum absolute atomic E-state index is 12.5. The number of para-hydroxylation sites is 1. The molecule has 5 heteroatoms. The summed E-state index contributed by atoms with van der Waals surface area (Å²) in [5, 5.41) is 2.81. The van der Waals surface area contributed by atoms with Crippen molar-refractivity contribution in [3.8, 4) is 5.75 Å². The van der Waals surface area contributed by atoms with E-state index in [0.717, 1.165) is 18.4 Å². The van der Waals surface area contributed by atoms with Gasteiger partial charge in [-0.2, -0.15) is 0 Å². The number of ether oxygens (including phenoxy) is 2. The predicted octanol–water partition coefficient (Wildman–Crippen LogP) is 5.17. The van der Waals surface area contributed by atoms with Crippen molar-refractivity contribution < 1.29 is 19.1 Å². The van der Waals surface area contributed by atoms with E-state index in [-0.39, 0.29) is 11.9 Å². The Morgan fingerprint density at radius 2 is 1.68 bits per heavy atom. The van der Waals surface area contributed by atoms with Gasteiger partial charge in [0.1, 0.15) is 5.75 Å². The van der Waals surface area contributed by atoms with Gasteiger partial charge in [-0.1, -0.05) is 45.4 Å². The standard InChI is InChI=1S/C23H29NO4/c1-5-6-15-27-23(26)18-11-13-19(14-12-18)24-22(25)17(4)28-21-10-8-7-9-20(21)16(2)3/h7-14,16-17H,5-6,15H2,1-4H3,(H,24,25)/t17-/m0/s1. The Morgan fingerprint density at radius 1 is 1.00 bits per heavy atom. The summed E-state index contributed by atoms with van der Waals surface area (Å²) in [4.78, 5) is 24.4. The molecule has 5 nitrogen and oxygen atoms in total. The molecule has 0 aliphatic carbocycles. The molecule has 0 unspecified atom stereocenters. The first-order chi connectivity index (χ1) is 13.4. The minimum absolute atomic E-state index is 0.253. The Hall–Kier alpha value is -2.82. The summed E-state index contributed by atoms with van der Waals surface area (Å²) in [7, 11) is 0. The van der Waals surface area contributed by atoms with E-state index in [1.807, 2.05) is 31.2 Å². The molecule has 150 valence electrons. The molecule has 2 rings (SSSR count). The van der Waals surface area contributed by atoms with Crippen molar-refractivity contribution in [2.24, 2.45) is 0 Å². The van der Waals surface area contributed by atoms with Crippen LogP contribution in [0.2, 0.25) is 0 Å². The summed E-state index contributed by atoms with van der Waals surface area (Å²) in [5.74, 6) is 0.409. The van der Waals surface area contributed by atoms with Crippen LogP contribution in [-0.4, -0.2) is 24.6 Å². The SMILES string of the molecule is CCCCOC(=O)c1ccc(NC(=O)[C@H](C)Oc2ccccc2C(C)C)cc1. The van der Waals surface area contributed by atoms with Crippen LogP contribution in [0.5, 0.6) is 5.75 Å². The van der Waals surface area contributed by atoms with Crippen molar-refractivity contribution in [1.82, 2.24) is 0 Å². The number of unbranched alkanes of at least 4 members (excludes halogenated alkanes) is 1. The maximum Gasteiger partial charge on any atom is 0.338 e. The van der Waals surface area contributed by atoms with Gasteiger partial charge in [-0.05, 0) is 55.2 Å². The largest absolute Gasteiger partial charge is 0.481 e. The summed E-state index contributed by atoms with van der Waals surface area (Å²) in [5.41, 5.74) is 2.13. The number of hydrogen-bond acceptors (Lipinski definition) is 4. The van der Waals surface area contributed by atoms with E-state index < -0.39 is 6.10 Å². The Morgan fingerprint density at radius 3 is 2.32 bits per heavy atom. The lowest BCUT2D eigenvalue weighted by Crippen LogP contribution is -2.30. The van der Waals surface area contributed by atoms with Gasteiger partial charge in [0.25, 0.3) is 5.91 Å². The van der Waals surface area contributed by atoms with Gasteiger partial charge in [0.15, 0.2) is 6.10 Å². The Bertz CT molecular complexity index is 783. The lowest BCUT2D eigenvalue weighted by atomic mass is 10.0. The van der Waals surface area contributed by atoms with Crippen molar-refractivity contribution in [1.29, 1.82) is 0 Å². The number of anilines is 1. The van der Waals surface area contributed by atoms with Crippen molar-refractivity contribution in [3.63, 3.8) is 0 Å². The van der Waals surface area contributed by atoms with Gasteiger partial charge >= 0.3 is 5.97 Å². The zero-order valence-corrected chi connectivity index (χ0v) is 17.0. The molecule has 1 amide bonds. The fraction of sp³-hybridized carbons (Fsp3) is 0.391. The van der Waals surface area contributed by atoms with Crippen LogP contribution in [0.1, 0.15) is 62.4 Å². The Balaban J connectivity index is 1.94. The molecular weight excluding hydrogens is 354 g/mol. The Kier molecular flexibility index (Phi) is 8.05. The number of benzene rings is 2. The predicted molar refractivity (Wildman–Crippen MR) is 111 cm³/mol. The van der Waals surface area contributed by atoms with E-state index in [0.29, 0.717) is 29.5 Å². The van der Waals surface area contributed by atoms with Gasteiger partial charge in [0.2, 0.25) is 0 Å². The minimum atomic E-state index is -0.654. The molecule has 0 spiro atoms. The molecule has 0 radical (unpaired) electrons. The van der Waals surface area contributed by atoms with Crippen LogP contribution in [-0.2, 0) is 9.53 Å². The molecule has 0 saturated carbocycles. The van der Waals surface area contributed by atoms with E-state index in [4.69, 9.17) is 9.47 Å². The average molecular weight is 383 g/mol. The molecule has 1 N–H and O–H groups in total. The van der Waals surface area contributed by atoms with Crippen LogP contribution in [0.3, 0.4) is 0 Å². The van der Waals surface area contributed by atoms with Crippen LogP contribution in [0.15, 0.2) is 48.5 Å². The number of carbonyl (C=O) groups is 2. The van der Waals surface area contributed by atoms with Gasteiger partial charge in [-0.25, -0.2) is 4.79 Å². The number of hydrogen-bond donors (Lipinski definition) is 1. The third kappa shape index (κ3) is 6.12. The summed E-state index contributed by atoms with van der Waals surface area (Å²) < 4.78 is 11.0. The number of esters is 1. The number of amides is 1. The van der Waals surface area contributed by atoms with Gasteiger partial charge in [0.05, 0.1) is 12.2 Å². The lowest BCUT2D eigenvalue weighted by molar-refractivity contribution is -0.122. The fourth-order valence-electron chi connectivity index (χ4n) is 2.63. The third-order valence-electron chi connectivity index (χ3n) is 4.33. The van der Waals surface area contributed by atoms with Crippen LogP contribution < -0.4 is 10.1 Å². The fourth-order valence-corrected chi connectivity index (χ4v) is 2.63. The Labute approximate surface area is 167 Å². The highest BCUT2D eigenvalue weighted by Crippen LogP contribution is 2.26. The number of nitrogens with one attached hydrogen (secondary N) is 1. The van der Waals surface area contributed by atoms with Crippen molar-refractivity contribution in [3.05, 3.63) is 59.7 Å². The molecule has 0 aliphatic heterocycles. The molecule has 2 aromatic carbocycles. The van der Waals surface area contributed by atoms with Crippen LogP contribution >= 0.6 is 0 Å². The van der Waals surface area contributed by atoms with E-state index in [1.165, 1.54) is 0 Å². The highest BCUT2D eigenvalue weighted by Gasteiger charge is 2.17. The second-order valence-corrected chi connectivity index (χ2v) is 7.01. The van der Waals surface area contributed by atoms with Gasteiger partial charge < -0.3 is 14.8 Å². The molecule has 0 fully saturated rings. The molecule has 28 heavy (non-hydrogen) atoms. The topological polar surface area (TPSA) is 64.6 Å². The first-order valence-corrected chi connectivity index (χ1v) is 9.76. The van der Waals surface area contributed by atoms with Crippen LogP contribution in [0.25, 0.3) is 0 Å². The highest BCUT2D eigenvalue weighted by atomic mass is 16.5. The van der Waals surface area contributed by atoms with E-state index in [9.17, 15) is 9.59 Å². The quantitative estimate of drug-likeness (QED) is 0.479. The second kappa shape index (κ2) is 10.5. The van der Waals surface area contributed by atoms with Crippen LogP contribution in [0.4, 0.5) is 5.69 Å². The van der Waals surface area contributed by atoms with E-state index in [2.05, 4.69) is 19.2 Å². The smallest absolute Gasteiger partial charge is 0.338 e. The van der Waals surface area contributed by atoms with Crippen molar-refractivity contribution in [2.75, 3.05) is 11.9 Å². The zero-order chi connectivity index (χ0) is 20.5. The molecule has 0 heterocycles. The summed E-state index contributed by atoms with van der Waals surface area (Å²) in [6.45, 7) is 8.34. The summed E-state index contributed by atoms with van der Waals surface area (Å²) in [6, 6.07) is 14.4. The summed E-state index contributed by atoms with van der Waals surface area (Å²) >= 11 is 0. The first-order valence-electron chi connectivity index (χ1n) is 9.76. The molecule has 0 aliphatic rings. The van der Waals surface area contributed by atoms with Crippen molar-refractivity contribution >= 4 is 17.6 Å². The van der Waals surface area contributed by atoms with Crippen molar-refractivity contribution in [2.45, 2.75) is 52.6 Å². The normalized spacial score (nSPS) is 11.8. The van der Waals surface area contributed by atoms with Gasteiger partial charge in [-0.3, -0.25) is 4.79 Å².